The van der Waals surface area contributed by atoms with Crippen molar-refractivity contribution in [2.75, 3.05) is 27.2 Å². The van der Waals surface area contributed by atoms with Crippen LogP contribution in [0.2, 0.25) is 0 Å². The molecule has 0 aromatic rings. The predicted octanol–water partition coefficient (Wildman–Crippen LogP) is 11.3. The van der Waals surface area contributed by atoms with Gasteiger partial charge in [-0.3, -0.25) is 4.79 Å². The van der Waals surface area contributed by atoms with Crippen LogP contribution in [0.25, 0.3) is 0 Å². The standard InChI is InChI=1S/C38H73NO5/c1-6-8-10-12-13-14-15-18-22-26-31-37(44-38(41)42-34-28-33-39(4)5)32-27-23-20-17-16-19-21-25-30-36(43-35(3)40)29-24-11-9-7-2/h21,25,36-37H,6-20,22-24,26-34H2,1-5H3/b25-21-/t36-,37?/m1/s1. The number of esters is 1. The van der Waals surface area contributed by atoms with Crippen molar-refractivity contribution in [2.24, 2.45) is 0 Å². The smallest absolute Gasteiger partial charge is 0.462 e. The van der Waals surface area contributed by atoms with Crippen molar-refractivity contribution in [3.05, 3.63) is 12.2 Å². The number of allylic oxidation sites excluding steroid dienone is 1. The van der Waals surface area contributed by atoms with E-state index in [1.54, 1.807) is 0 Å². The van der Waals surface area contributed by atoms with E-state index in [-0.39, 0.29) is 18.2 Å². The molecule has 0 bridgehead atoms. The number of carbonyl (C=O) groups is 2. The molecule has 0 saturated heterocycles. The average Bonchev–Trinajstić information content (AvgIpc) is 2.98. The van der Waals surface area contributed by atoms with Crippen LogP contribution in [0.4, 0.5) is 4.79 Å². The first-order chi connectivity index (χ1) is 21.4. The van der Waals surface area contributed by atoms with Crippen LogP contribution < -0.4 is 0 Å². The summed E-state index contributed by atoms with van der Waals surface area (Å²) >= 11 is 0. The fraction of sp³-hybridized carbons (Fsp3) is 0.895. The second-order valence-corrected chi connectivity index (χ2v) is 13.1. The second-order valence-electron chi connectivity index (χ2n) is 13.1. The molecule has 0 aliphatic rings. The first kappa shape index (κ1) is 42.4. The largest absolute Gasteiger partial charge is 0.508 e. The molecule has 0 saturated carbocycles. The van der Waals surface area contributed by atoms with Gasteiger partial charge in [0.2, 0.25) is 0 Å². The third-order valence-electron chi connectivity index (χ3n) is 8.29. The van der Waals surface area contributed by atoms with E-state index in [2.05, 4.69) is 30.9 Å². The minimum absolute atomic E-state index is 0.0198. The van der Waals surface area contributed by atoms with Crippen molar-refractivity contribution in [2.45, 2.75) is 193 Å². The van der Waals surface area contributed by atoms with Crippen molar-refractivity contribution >= 4 is 12.1 Å². The van der Waals surface area contributed by atoms with E-state index >= 15 is 0 Å². The fourth-order valence-electron chi connectivity index (χ4n) is 5.62. The zero-order chi connectivity index (χ0) is 32.5. The lowest BCUT2D eigenvalue weighted by atomic mass is 10.0. The first-order valence-electron chi connectivity index (χ1n) is 18.7. The van der Waals surface area contributed by atoms with E-state index in [0.717, 1.165) is 64.3 Å². The summed E-state index contributed by atoms with van der Waals surface area (Å²) in [6.07, 6.45) is 33.3. The number of hydrogen-bond acceptors (Lipinski definition) is 6. The van der Waals surface area contributed by atoms with E-state index in [1.165, 1.54) is 110 Å². The van der Waals surface area contributed by atoms with Gasteiger partial charge in [-0.25, -0.2) is 4.79 Å². The summed E-state index contributed by atoms with van der Waals surface area (Å²) in [6.45, 7) is 7.31. The van der Waals surface area contributed by atoms with Crippen molar-refractivity contribution in [3.8, 4) is 0 Å². The Kier molecular flexibility index (Phi) is 31.7. The predicted molar refractivity (Wildman–Crippen MR) is 186 cm³/mol. The molecule has 0 aromatic carbocycles. The molecule has 0 N–H and O–H groups in total. The van der Waals surface area contributed by atoms with Gasteiger partial charge in [-0.15, -0.1) is 0 Å². The molecule has 0 amide bonds. The van der Waals surface area contributed by atoms with Crippen LogP contribution in [0, 0.1) is 0 Å². The molecule has 0 aromatic heterocycles. The normalized spacial score (nSPS) is 13.0. The lowest BCUT2D eigenvalue weighted by Crippen LogP contribution is -2.21. The highest BCUT2D eigenvalue weighted by molar-refractivity contribution is 5.66. The van der Waals surface area contributed by atoms with Crippen molar-refractivity contribution in [1.82, 2.24) is 4.90 Å². The van der Waals surface area contributed by atoms with Crippen LogP contribution in [0.3, 0.4) is 0 Å². The Morgan fingerprint density at radius 2 is 1.07 bits per heavy atom. The number of carbonyl (C=O) groups excluding carboxylic acids is 2. The average molecular weight is 624 g/mol. The summed E-state index contributed by atoms with van der Waals surface area (Å²) in [5.41, 5.74) is 0. The van der Waals surface area contributed by atoms with Crippen molar-refractivity contribution in [1.29, 1.82) is 0 Å². The topological polar surface area (TPSA) is 65.1 Å². The zero-order valence-electron chi connectivity index (χ0n) is 29.9. The van der Waals surface area contributed by atoms with Crippen LogP contribution >= 0.6 is 0 Å². The Bertz CT molecular complexity index is 666. The Hall–Kier alpha value is -1.56. The Balaban J connectivity index is 4.22. The number of nitrogens with zero attached hydrogens (tertiary/aromatic N) is 1. The third-order valence-corrected chi connectivity index (χ3v) is 8.29. The van der Waals surface area contributed by atoms with Gasteiger partial charge in [0.1, 0.15) is 12.2 Å². The van der Waals surface area contributed by atoms with E-state index in [9.17, 15) is 9.59 Å². The van der Waals surface area contributed by atoms with Gasteiger partial charge >= 0.3 is 12.1 Å². The zero-order valence-corrected chi connectivity index (χ0v) is 29.9. The third kappa shape index (κ3) is 31.9. The molecule has 44 heavy (non-hydrogen) atoms. The number of rotatable bonds is 32. The lowest BCUT2D eigenvalue weighted by Gasteiger charge is -2.18. The van der Waals surface area contributed by atoms with E-state index in [1.807, 2.05) is 14.1 Å². The molecule has 6 heteroatoms. The summed E-state index contributed by atoms with van der Waals surface area (Å²) in [4.78, 5) is 25.8. The summed E-state index contributed by atoms with van der Waals surface area (Å²) in [6, 6.07) is 0. The van der Waals surface area contributed by atoms with E-state index in [0.29, 0.717) is 6.61 Å². The highest BCUT2D eigenvalue weighted by Crippen LogP contribution is 2.18. The Labute approximate surface area is 273 Å². The molecule has 0 rings (SSSR count). The highest BCUT2D eigenvalue weighted by Gasteiger charge is 2.15. The minimum Gasteiger partial charge on any atom is -0.462 e. The lowest BCUT2D eigenvalue weighted by molar-refractivity contribution is -0.146. The Morgan fingerprint density at radius 3 is 1.59 bits per heavy atom. The number of unbranched alkanes of at least 4 members (excludes halogenated alkanes) is 17. The highest BCUT2D eigenvalue weighted by atomic mass is 16.7. The maximum absolute atomic E-state index is 12.3. The number of ether oxygens (including phenoxy) is 3. The van der Waals surface area contributed by atoms with Gasteiger partial charge in [0, 0.05) is 19.9 Å². The molecule has 0 spiro atoms. The van der Waals surface area contributed by atoms with Gasteiger partial charge in [-0.2, -0.15) is 0 Å². The molecule has 6 nitrogen and oxygen atoms in total. The van der Waals surface area contributed by atoms with Gasteiger partial charge < -0.3 is 19.1 Å². The second kappa shape index (κ2) is 32.8. The van der Waals surface area contributed by atoms with Crippen molar-refractivity contribution < 1.29 is 23.8 Å². The van der Waals surface area contributed by atoms with Crippen LogP contribution in [0.15, 0.2) is 12.2 Å². The maximum Gasteiger partial charge on any atom is 0.508 e. The Morgan fingerprint density at radius 1 is 0.591 bits per heavy atom. The van der Waals surface area contributed by atoms with Gasteiger partial charge in [0.15, 0.2) is 0 Å². The summed E-state index contributed by atoms with van der Waals surface area (Å²) in [7, 11) is 4.05. The van der Waals surface area contributed by atoms with Crippen LogP contribution in [-0.4, -0.2) is 56.5 Å². The molecule has 0 aliphatic carbocycles. The van der Waals surface area contributed by atoms with Crippen LogP contribution in [0.5, 0.6) is 0 Å². The molecule has 0 fully saturated rings. The SMILES string of the molecule is CCCCCCCCCCCCC(CCCCCCC/C=C\C[C@@H](CCCCCC)OC(C)=O)OC(=O)OCCCN(C)C. The quantitative estimate of drug-likeness (QED) is 0.0422. The van der Waals surface area contributed by atoms with Gasteiger partial charge in [-0.1, -0.05) is 122 Å². The maximum atomic E-state index is 12.3. The molecule has 0 radical (unpaired) electrons. The first-order valence-corrected chi connectivity index (χ1v) is 18.7. The number of hydrogen-bond donors (Lipinski definition) is 0. The van der Waals surface area contributed by atoms with Crippen LogP contribution in [-0.2, 0) is 19.0 Å². The summed E-state index contributed by atoms with van der Waals surface area (Å²) in [5.74, 6) is -0.174. The molecule has 2 atom stereocenters. The van der Waals surface area contributed by atoms with E-state index in [4.69, 9.17) is 14.2 Å². The minimum atomic E-state index is -0.496. The fourth-order valence-corrected chi connectivity index (χ4v) is 5.62. The van der Waals surface area contributed by atoms with E-state index < -0.39 is 6.16 Å². The van der Waals surface area contributed by atoms with Crippen LogP contribution in [0.1, 0.15) is 181 Å². The molecular weight excluding hydrogens is 550 g/mol. The molecule has 260 valence electrons. The molecule has 1 unspecified atom stereocenters. The van der Waals surface area contributed by atoms with Crippen molar-refractivity contribution in [3.63, 3.8) is 0 Å². The molecule has 0 aliphatic heterocycles. The van der Waals surface area contributed by atoms with Gasteiger partial charge in [0.05, 0.1) is 6.61 Å². The summed E-state index contributed by atoms with van der Waals surface area (Å²) in [5, 5.41) is 0. The monoisotopic (exact) mass is 624 g/mol. The van der Waals surface area contributed by atoms with Gasteiger partial charge in [-0.05, 0) is 71.9 Å². The summed E-state index contributed by atoms with van der Waals surface area (Å²) < 4.78 is 16.6. The molecular formula is C38H73NO5. The molecule has 0 heterocycles. The van der Waals surface area contributed by atoms with Gasteiger partial charge in [0.25, 0.3) is 0 Å².